The van der Waals surface area contributed by atoms with E-state index >= 15 is 0 Å². The molecule has 1 saturated heterocycles. The van der Waals surface area contributed by atoms with Crippen molar-refractivity contribution in [3.63, 3.8) is 0 Å². The van der Waals surface area contributed by atoms with Crippen LogP contribution in [0.5, 0.6) is 0 Å². The fourth-order valence-corrected chi connectivity index (χ4v) is 2.66. The number of aromatic nitrogens is 1. The average molecular weight is 298 g/mol. The number of nitrogens with one attached hydrogen (secondary N) is 2. The highest BCUT2D eigenvalue weighted by Gasteiger charge is 2.28. The Kier molecular flexibility index (Phi) is 6.20. The van der Waals surface area contributed by atoms with Crippen LogP contribution >= 0.6 is 0 Å². The van der Waals surface area contributed by atoms with Crippen molar-refractivity contribution < 1.29 is 14.4 Å². The first-order chi connectivity index (χ1) is 9.67. The van der Waals surface area contributed by atoms with Crippen LogP contribution in [0.2, 0.25) is 0 Å². The molecule has 6 nitrogen and oxygen atoms in total. The van der Waals surface area contributed by atoms with Crippen molar-refractivity contribution in [3.05, 3.63) is 22.2 Å². The van der Waals surface area contributed by atoms with Gasteiger partial charge < -0.3 is 14.9 Å². The summed E-state index contributed by atoms with van der Waals surface area (Å²) < 4.78 is 5.22. The van der Waals surface area contributed by atoms with Crippen LogP contribution in [0.15, 0.2) is 15.4 Å². The summed E-state index contributed by atoms with van der Waals surface area (Å²) >= 11 is 0. The lowest BCUT2D eigenvalue weighted by Gasteiger charge is -2.33. The third kappa shape index (κ3) is 7.13. The predicted molar refractivity (Wildman–Crippen MR) is 80.5 cm³/mol. The minimum absolute atomic E-state index is 0.133. The molecule has 1 aliphatic rings. The third-order valence-electron chi connectivity index (χ3n) is 3.30. The van der Waals surface area contributed by atoms with Gasteiger partial charge >= 0.3 is 0 Å². The maximum Gasteiger partial charge on any atom is 0.300 e. The zero-order valence-electron chi connectivity index (χ0n) is 13.2. The molecule has 2 heterocycles. The Labute approximate surface area is 124 Å². The molecule has 6 heteroatoms. The van der Waals surface area contributed by atoms with Gasteiger partial charge in [-0.3, -0.25) is 9.59 Å². The zero-order chi connectivity index (χ0) is 16.0. The molecule has 0 unspecified atom stereocenters. The minimum atomic E-state index is -0.833. The van der Waals surface area contributed by atoms with E-state index in [1.165, 1.54) is 0 Å². The Bertz CT molecular complexity index is 494. The highest BCUT2D eigenvalue weighted by atomic mass is 16.5. The van der Waals surface area contributed by atoms with Crippen molar-refractivity contribution in [2.45, 2.75) is 58.9 Å². The molecule has 3 N–H and O–H groups in total. The number of H-pyrrole nitrogens is 1. The summed E-state index contributed by atoms with van der Waals surface area (Å²) in [7, 11) is 0. The van der Waals surface area contributed by atoms with E-state index in [-0.39, 0.29) is 5.56 Å². The van der Waals surface area contributed by atoms with E-state index in [0.717, 1.165) is 38.5 Å². The molecule has 0 aliphatic carbocycles. The smallest absolute Gasteiger partial charge is 0.300 e. The lowest BCUT2D eigenvalue weighted by Crippen LogP contribution is -2.39. The lowest BCUT2D eigenvalue weighted by atomic mass is 9.81. The Morgan fingerprint density at radius 3 is 2.57 bits per heavy atom. The molecule has 0 aromatic carbocycles. The number of carboxylic acid groups (broad SMARTS) is 1. The number of rotatable bonds is 2. The van der Waals surface area contributed by atoms with Gasteiger partial charge in [0.15, 0.2) is 0 Å². The van der Waals surface area contributed by atoms with Crippen LogP contribution < -0.4 is 10.9 Å². The normalized spacial score (nSPS) is 22.3. The van der Waals surface area contributed by atoms with Gasteiger partial charge in [0, 0.05) is 24.9 Å². The van der Waals surface area contributed by atoms with Crippen molar-refractivity contribution in [1.29, 1.82) is 0 Å². The van der Waals surface area contributed by atoms with Gasteiger partial charge in [-0.25, -0.2) is 0 Å². The molecule has 1 aliphatic heterocycles. The molecular formula is C15H26N2O4. The molecule has 0 bridgehead atoms. The van der Waals surface area contributed by atoms with Crippen molar-refractivity contribution in [2.75, 3.05) is 6.54 Å². The topological polar surface area (TPSA) is 95.3 Å². The number of hydrogen-bond donors (Lipinski definition) is 3. The van der Waals surface area contributed by atoms with Gasteiger partial charge in [0.05, 0.1) is 0 Å². The lowest BCUT2D eigenvalue weighted by molar-refractivity contribution is -0.134. The molecule has 0 radical (unpaired) electrons. The molecule has 1 fully saturated rings. The first-order valence-electron chi connectivity index (χ1n) is 7.28. The van der Waals surface area contributed by atoms with Crippen LogP contribution in [-0.2, 0) is 4.79 Å². The van der Waals surface area contributed by atoms with Gasteiger partial charge in [0.1, 0.15) is 5.76 Å². The van der Waals surface area contributed by atoms with Crippen molar-refractivity contribution in [2.24, 2.45) is 5.41 Å². The van der Waals surface area contributed by atoms with Crippen molar-refractivity contribution in [1.82, 2.24) is 10.5 Å². The number of aromatic amines is 1. The molecule has 0 spiro atoms. The van der Waals surface area contributed by atoms with Gasteiger partial charge in [0.25, 0.3) is 11.5 Å². The minimum Gasteiger partial charge on any atom is -0.481 e. The molecule has 0 amide bonds. The number of hydrogen-bond acceptors (Lipinski definition) is 4. The molecule has 2 atom stereocenters. The van der Waals surface area contributed by atoms with Gasteiger partial charge in [-0.05, 0) is 31.2 Å². The summed E-state index contributed by atoms with van der Waals surface area (Å²) in [4.78, 5) is 20.1. The number of piperidine rings is 1. The number of carbonyl (C=O) groups is 1. The Hall–Kier alpha value is -1.56. The van der Waals surface area contributed by atoms with Crippen LogP contribution in [0.3, 0.4) is 0 Å². The monoisotopic (exact) mass is 298 g/mol. The highest BCUT2D eigenvalue weighted by molar-refractivity contribution is 5.62. The van der Waals surface area contributed by atoms with Gasteiger partial charge in [-0.2, -0.15) is 5.16 Å². The van der Waals surface area contributed by atoms with E-state index in [9.17, 15) is 4.79 Å². The number of carboxylic acids is 1. The van der Waals surface area contributed by atoms with Crippen molar-refractivity contribution >= 4 is 5.97 Å². The molecule has 1 aromatic heterocycles. The predicted octanol–water partition coefficient (Wildman–Crippen LogP) is 2.33. The summed E-state index contributed by atoms with van der Waals surface area (Å²) in [6.45, 7) is 8.86. The standard InChI is InChI=1S/C13H22N2O2.C2H4O2/c1-13(2,3)8-10-6-9(4-5-14-10)11-7-12(16)15-17-11;1-2(3)4/h7,9-10,14H,4-6,8H2,1-3H3,(H,15,16);1H3,(H,3,4)/t9-,10-;/m1./s1. The summed E-state index contributed by atoms with van der Waals surface area (Å²) in [5.74, 6) is 0.359. The molecule has 21 heavy (non-hydrogen) atoms. The van der Waals surface area contributed by atoms with Crippen molar-refractivity contribution in [3.8, 4) is 0 Å². The highest BCUT2D eigenvalue weighted by Crippen LogP contribution is 2.31. The fraction of sp³-hybridized carbons (Fsp3) is 0.733. The van der Waals surface area contributed by atoms with Crippen LogP contribution in [0, 0.1) is 5.41 Å². The zero-order valence-corrected chi connectivity index (χ0v) is 13.2. The Morgan fingerprint density at radius 2 is 2.10 bits per heavy atom. The van der Waals surface area contributed by atoms with E-state index in [4.69, 9.17) is 14.4 Å². The maximum absolute atomic E-state index is 11.1. The molecular weight excluding hydrogens is 272 g/mol. The Balaban J connectivity index is 0.000000491. The largest absolute Gasteiger partial charge is 0.481 e. The van der Waals surface area contributed by atoms with Crippen LogP contribution in [0.4, 0.5) is 0 Å². The summed E-state index contributed by atoms with van der Waals surface area (Å²) in [5.41, 5.74) is 0.198. The average Bonchev–Trinajstić information content (AvgIpc) is 2.73. The van der Waals surface area contributed by atoms with Crippen LogP contribution in [0.25, 0.3) is 0 Å². The van der Waals surface area contributed by atoms with E-state index < -0.39 is 5.97 Å². The van der Waals surface area contributed by atoms with Crippen LogP contribution in [-0.4, -0.2) is 28.8 Å². The summed E-state index contributed by atoms with van der Waals surface area (Å²) in [5, 5.41) is 13.3. The second-order valence-electron chi connectivity index (χ2n) is 6.77. The SMILES string of the molecule is CC(=O)O.CC(C)(C)C[C@H]1C[C@H](c2cc(=O)[nH]o2)CCN1. The summed E-state index contributed by atoms with van der Waals surface area (Å²) in [6.07, 6.45) is 3.25. The van der Waals surface area contributed by atoms with Gasteiger partial charge in [0.2, 0.25) is 0 Å². The van der Waals surface area contributed by atoms with Gasteiger partial charge in [-0.1, -0.05) is 20.8 Å². The third-order valence-corrected chi connectivity index (χ3v) is 3.30. The van der Waals surface area contributed by atoms with Gasteiger partial charge in [-0.15, -0.1) is 0 Å². The second-order valence-corrected chi connectivity index (χ2v) is 6.77. The van der Waals surface area contributed by atoms with Crippen LogP contribution in [0.1, 0.15) is 58.6 Å². The fourth-order valence-electron chi connectivity index (χ4n) is 2.66. The molecule has 1 aromatic rings. The second kappa shape index (κ2) is 7.45. The molecule has 0 saturated carbocycles. The number of aliphatic carboxylic acids is 1. The maximum atomic E-state index is 11.1. The van der Waals surface area contributed by atoms with E-state index in [0.29, 0.717) is 17.4 Å². The molecule has 2 rings (SSSR count). The van der Waals surface area contributed by atoms with E-state index in [2.05, 4.69) is 31.2 Å². The first-order valence-corrected chi connectivity index (χ1v) is 7.28. The van der Waals surface area contributed by atoms with E-state index in [1.54, 1.807) is 6.07 Å². The van der Waals surface area contributed by atoms with E-state index in [1.807, 2.05) is 0 Å². The Morgan fingerprint density at radius 1 is 1.48 bits per heavy atom. The first kappa shape index (κ1) is 17.5. The molecule has 120 valence electrons. The quantitative estimate of drug-likeness (QED) is 0.779. The summed E-state index contributed by atoms with van der Waals surface area (Å²) in [6, 6.07) is 2.11.